The first-order chi connectivity index (χ1) is 14.5. The van der Waals surface area contributed by atoms with Crippen LogP contribution in [-0.4, -0.2) is 129 Å². The molecule has 0 aromatic carbocycles. The van der Waals surface area contributed by atoms with Crippen molar-refractivity contribution in [1.29, 1.82) is 0 Å². The third kappa shape index (κ3) is 6.30. The zero-order valence-electron chi connectivity index (χ0n) is 17.4. The minimum atomic E-state index is -1.58. The molecule has 182 valence electrons. The second kappa shape index (κ2) is 11.2. The van der Waals surface area contributed by atoms with Gasteiger partial charge in [-0.1, -0.05) is 0 Å². The van der Waals surface area contributed by atoms with Crippen molar-refractivity contribution in [2.75, 3.05) is 13.2 Å². The molecule has 2 saturated heterocycles. The van der Waals surface area contributed by atoms with Crippen molar-refractivity contribution >= 4 is 5.97 Å². The number of aliphatic hydroxyl groups excluding tert-OH is 6. The fraction of sp³-hybridized carbons (Fsp3) is 0.944. The van der Waals surface area contributed by atoms with Crippen LogP contribution in [0.5, 0.6) is 0 Å². The van der Waals surface area contributed by atoms with Crippen LogP contribution in [0.4, 0.5) is 0 Å². The van der Waals surface area contributed by atoms with Gasteiger partial charge in [0.1, 0.15) is 49.3 Å². The van der Waals surface area contributed by atoms with Crippen LogP contribution in [0.1, 0.15) is 20.8 Å². The van der Waals surface area contributed by atoms with Gasteiger partial charge < -0.3 is 59.4 Å². The molecule has 0 bridgehead atoms. The highest BCUT2D eigenvalue weighted by atomic mass is 16.7. The van der Waals surface area contributed by atoms with E-state index in [0.717, 1.165) is 0 Å². The Balaban J connectivity index is 2.00. The Bertz CT molecular complexity index is 577. The van der Waals surface area contributed by atoms with Crippen molar-refractivity contribution in [1.82, 2.24) is 0 Å². The molecule has 2 unspecified atom stereocenters. The Morgan fingerprint density at radius 1 is 0.871 bits per heavy atom. The van der Waals surface area contributed by atoms with Crippen molar-refractivity contribution in [2.45, 2.75) is 94.4 Å². The molecule has 2 fully saturated rings. The summed E-state index contributed by atoms with van der Waals surface area (Å²) < 4.78 is 27.0. The summed E-state index contributed by atoms with van der Waals surface area (Å²) in [5, 5.41) is 68.5. The van der Waals surface area contributed by atoms with Gasteiger partial charge in [-0.2, -0.15) is 0 Å². The second-order valence-corrected chi connectivity index (χ2v) is 7.74. The minimum absolute atomic E-state index is 0.638. The van der Waals surface area contributed by atoms with E-state index in [-0.39, 0.29) is 0 Å². The molecule has 2 aliphatic rings. The number of carbonyl (C=O) groups is 1. The number of carboxylic acid groups (broad SMARTS) is 1. The molecule has 13 heteroatoms. The summed E-state index contributed by atoms with van der Waals surface area (Å²) >= 11 is 0. The van der Waals surface area contributed by atoms with E-state index in [2.05, 4.69) is 0 Å². The molecule has 31 heavy (non-hydrogen) atoms. The average Bonchev–Trinajstić information content (AvgIpc) is 2.71. The third-order valence-electron chi connectivity index (χ3n) is 5.39. The molecule has 0 saturated carbocycles. The normalized spacial score (nSPS) is 43.4. The lowest BCUT2D eigenvalue weighted by Crippen LogP contribution is -2.61. The van der Waals surface area contributed by atoms with E-state index in [1.165, 1.54) is 6.92 Å². The highest BCUT2D eigenvalue weighted by Crippen LogP contribution is 2.27. The monoisotopic (exact) mass is 456 g/mol. The van der Waals surface area contributed by atoms with Gasteiger partial charge in [0.2, 0.25) is 0 Å². The molecular formula is C18H32O13. The van der Waals surface area contributed by atoms with Crippen LogP contribution < -0.4 is 0 Å². The number of carboxylic acids is 1. The Kier molecular flexibility index (Phi) is 9.54. The van der Waals surface area contributed by atoms with E-state index in [0.29, 0.717) is 0 Å². The van der Waals surface area contributed by atoms with Gasteiger partial charge in [0, 0.05) is 0 Å². The van der Waals surface area contributed by atoms with Gasteiger partial charge in [0.25, 0.3) is 0 Å². The van der Waals surface area contributed by atoms with Crippen molar-refractivity contribution in [3.8, 4) is 0 Å². The minimum Gasteiger partial charge on any atom is -0.480 e. The molecule has 0 spiro atoms. The van der Waals surface area contributed by atoms with Crippen molar-refractivity contribution in [3.63, 3.8) is 0 Å². The van der Waals surface area contributed by atoms with Gasteiger partial charge in [-0.15, -0.1) is 0 Å². The molecule has 2 rings (SSSR count). The van der Waals surface area contributed by atoms with E-state index in [1.807, 2.05) is 0 Å². The van der Waals surface area contributed by atoms with E-state index in [1.54, 1.807) is 13.8 Å². The molecule has 0 aromatic heterocycles. The molecule has 13 nitrogen and oxygen atoms in total. The summed E-state index contributed by atoms with van der Waals surface area (Å²) in [7, 11) is 0. The molecule has 0 aliphatic carbocycles. The summed E-state index contributed by atoms with van der Waals surface area (Å²) in [5.41, 5.74) is 0. The SMILES string of the molecule is CC(O[C@@H]1O[C@@H](C)[C@@H](O)[C@H](O)[C@@H]1O)C(C)O[C@@H]1O[C@H](CO)[C@H](O)[C@H](OCC(=O)O)[C@H]1O. The fourth-order valence-electron chi connectivity index (χ4n) is 3.30. The molecule has 0 amide bonds. The maximum Gasteiger partial charge on any atom is 0.329 e. The number of rotatable bonds is 9. The van der Waals surface area contributed by atoms with Crippen LogP contribution >= 0.6 is 0 Å². The quantitative estimate of drug-likeness (QED) is 0.180. The maximum absolute atomic E-state index is 10.8. The number of aliphatic carboxylic acids is 1. The van der Waals surface area contributed by atoms with E-state index < -0.39 is 92.8 Å². The summed E-state index contributed by atoms with van der Waals surface area (Å²) in [6.45, 7) is 3.19. The third-order valence-corrected chi connectivity index (χ3v) is 5.39. The topological polar surface area (TPSA) is 205 Å². The zero-order valence-corrected chi connectivity index (χ0v) is 17.4. The smallest absolute Gasteiger partial charge is 0.329 e. The van der Waals surface area contributed by atoms with Crippen molar-refractivity contribution in [3.05, 3.63) is 0 Å². The molecule has 2 aliphatic heterocycles. The average molecular weight is 456 g/mol. The van der Waals surface area contributed by atoms with Crippen LogP contribution in [0.2, 0.25) is 0 Å². The van der Waals surface area contributed by atoms with Crippen LogP contribution in [-0.2, 0) is 28.5 Å². The number of hydrogen-bond donors (Lipinski definition) is 7. The summed E-state index contributed by atoms with van der Waals surface area (Å²) in [5.74, 6) is -1.31. The molecule has 0 aromatic rings. The second-order valence-electron chi connectivity index (χ2n) is 7.74. The number of hydrogen-bond acceptors (Lipinski definition) is 12. The van der Waals surface area contributed by atoms with E-state index in [9.17, 15) is 35.4 Å². The molecule has 7 N–H and O–H groups in total. The Morgan fingerprint density at radius 2 is 1.42 bits per heavy atom. The van der Waals surface area contributed by atoms with Gasteiger partial charge in [0.05, 0.1) is 24.9 Å². The highest BCUT2D eigenvalue weighted by Gasteiger charge is 2.47. The largest absolute Gasteiger partial charge is 0.480 e. The summed E-state index contributed by atoms with van der Waals surface area (Å²) in [6.07, 6.45) is -15.0. The molecule has 2 heterocycles. The predicted octanol–water partition coefficient (Wildman–Crippen LogP) is -3.47. The van der Waals surface area contributed by atoms with Crippen LogP contribution in [0.15, 0.2) is 0 Å². The lowest BCUT2D eigenvalue weighted by atomic mass is 9.99. The van der Waals surface area contributed by atoms with Gasteiger partial charge in [0.15, 0.2) is 12.6 Å². The first kappa shape index (κ1) is 26.3. The van der Waals surface area contributed by atoms with Gasteiger partial charge in [-0.25, -0.2) is 4.79 Å². The highest BCUT2D eigenvalue weighted by molar-refractivity contribution is 5.68. The lowest BCUT2D eigenvalue weighted by Gasteiger charge is -2.43. The molecule has 12 atom stereocenters. The standard InChI is InChI=1S/C18H32O13/c1-6(28-17-14(25)13(24)11(22)8(3)30-17)7(2)29-18-15(26)16(27-5-10(20)21)12(23)9(4-19)31-18/h6-9,11-19,22-26H,4-5H2,1-3H3,(H,20,21)/t6?,7?,8-,9+,11+,12-,13-,14-,15+,16-,17+,18+/m0/s1. The summed E-state index contributed by atoms with van der Waals surface area (Å²) in [6, 6.07) is 0. The van der Waals surface area contributed by atoms with Gasteiger partial charge in [-0.3, -0.25) is 0 Å². The zero-order chi connectivity index (χ0) is 23.5. The maximum atomic E-state index is 10.8. The Labute approximate surface area is 178 Å². The van der Waals surface area contributed by atoms with Gasteiger partial charge in [-0.05, 0) is 20.8 Å². The Hall–Kier alpha value is -0.970. The van der Waals surface area contributed by atoms with E-state index in [4.69, 9.17) is 28.8 Å². The first-order valence-corrected chi connectivity index (χ1v) is 9.94. The molecule has 0 radical (unpaired) electrons. The van der Waals surface area contributed by atoms with Crippen LogP contribution in [0.3, 0.4) is 0 Å². The molecular weight excluding hydrogens is 424 g/mol. The number of ether oxygens (including phenoxy) is 5. The van der Waals surface area contributed by atoms with Crippen LogP contribution in [0.25, 0.3) is 0 Å². The van der Waals surface area contributed by atoms with E-state index >= 15 is 0 Å². The summed E-state index contributed by atoms with van der Waals surface area (Å²) in [4.78, 5) is 10.8. The van der Waals surface area contributed by atoms with Gasteiger partial charge >= 0.3 is 5.97 Å². The van der Waals surface area contributed by atoms with Crippen molar-refractivity contribution < 1.29 is 64.2 Å². The fourth-order valence-corrected chi connectivity index (χ4v) is 3.30. The predicted molar refractivity (Wildman–Crippen MR) is 98.6 cm³/mol. The number of aliphatic hydroxyl groups is 6. The van der Waals surface area contributed by atoms with Crippen molar-refractivity contribution in [2.24, 2.45) is 0 Å². The lowest BCUT2D eigenvalue weighted by molar-refractivity contribution is -0.337. The van der Waals surface area contributed by atoms with Crippen LogP contribution in [0, 0.1) is 0 Å². The first-order valence-electron chi connectivity index (χ1n) is 9.94. The Morgan fingerprint density at radius 3 is 1.94 bits per heavy atom.